The molecule has 4 nitrogen and oxygen atoms in total. The molecule has 0 aromatic heterocycles. The first-order valence-corrected chi connectivity index (χ1v) is 8.96. The molecule has 0 radical (unpaired) electrons. The summed E-state index contributed by atoms with van der Waals surface area (Å²) in [5.74, 6) is 0.0287. The Kier molecular flexibility index (Phi) is 5.99. The Morgan fingerprint density at radius 1 is 1.21 bits per heavy atom. The topological polar surface area (TPSA) is 77.2 Å². The van der Waals surface area contributed by atoms with Crippen LogP contribution >= 0.6 is 0 Å². The minimum absolute atomic E-state index is 0.0237. The van der Waals surface area contributed by atoms with Crippen LogP contribution < -0.4 is 5.73 Å². The predicted octanol–water partition coefficient (Wildman–Crippen LogP) is 2.07. The number of rotatable bonds is 7. The number of sulfone groups is 1. The van der Waals surface area contributed by atoms with E-state index < -0.39 is 15.1 Å². The van der Waals surface area contributed by atoms with Gasteiger partial charge < -0.3 is 5.73 Å². The van der Waals surface area contributed by atoms with Crippen molar-refractivity contribution >= 4 is 15.6 Å². The minimum atomic E-state index is -3.11. The van der Waals surface area contributed by atoms with Crippen molar-refractivity contribution < 1.29 is 13.2 Å². The number of carbonyl (C=O) groups excluding carboxylic acids is 1. The van der Waals surface area contributed by atoms with Crippen LogP contribution in [0.3, 0.4) is 0 Å². The van der Waals surface area contributed by atoms with Gasteiger partial charge in [0.2, 0.25) is 0 Å². The normalized spacial score (nSPS) is 19.6. The zero-order chi connectivity index (χ0) is 14.5. The second kappa shape index (κ2) is 6.84. The van der Waals surface area contributed by atoms with Gasteiger partial charge in [-0.05, 0) is 38.6 Å². The van der Waals surface area contributed by atoms with Gasteiger partial charge in [-0.2, -0.15) is 0 Å². The van der Waals surface area contributed by atoms with E-state index in [9.17, 15) is 13.2 Å². The SMILES string of the molecule is CC(C)S(=O)(=O)CCC(=O)CC1(CN)CCCCC1. The Hall–Kier alpha value is -0.420. The Labute approximate surface area is 117 Å². The summed E-state index contributed by atoms with van der Waals surface area (Å²) in [5, 5.41) is -0.404. The molecule has 1 rings (SSSR count). The van der Waals surface area contributed by atoms with Crippen molar-refractivity contribution in [2.45, 2.75) is 64.0 Å². The molecule has 0 unspecified atom stereocenters. The van der Waals surface area contributed by atoms with Crippen molar-refractivity contribution in [2.24, 2.45) is 11.1 Å². The Balaban J connectivity index is 2.50. The van der Waals surface area contributed by atoms with Crippen LogP contribution in [0.25, 0.3) is 0 Å². The lowest BCUT2D eigenvalue weighted by molar-refractivity contribution is -0.121. The average molecular weight is 289 g/mol. The number of Topliss-reactive ketones (excluding diaryl/α,β-unsaturated/α-hetero) is 1. The molecule has 2 N–H and O–H groups in total. The van der Waals surface area contributed by atoms with Gasteiger partial charge in [-0.15, -0.1) is 0 Å². The highest BCUT2D eigenvalue weighted by Gasteiger charge is 2.33. The molecule has 0 amide bonds. The number of ketones is 1. The number of hydrogen-bond donors (Lipinski definition) is 1. The molecule has 0 bridgehead atoms. The summed E-state index contributed by atoms with van der Waals surface area (Å²) in [6.45, 7) is 3.85. The summed E-state index contributed by atoms with van der Waals surface area (Å²) < 4.78 is 23.4. The van der Waals surface area contributed by atoms with E-state index in [4.69, 9.17) is 5.73 Å². The van der Waals surface area contributed by atoms with Crippen LogP contribution in [-0.4, -0.2) is 31.7 Å². The van der Waals surface area contributed by atoms with E-state index in [1.165, 1.54) is 6.42 Å². The van der Waals surface area contributed by atoms with Gasteiger partial charge in [0, 0.05) is 12.8 Å². The predicted molar refractivity (Wildman–Crippen MR) is 77.7 cm³/mol. The van der Waals surface area contributed by atoms with E-state index in [0.717, 1.165) is 25.7 Å². The van der Waals surface area contributed by atoms with E-state index in [0.29, 0.717) is 13.0 Å². The summed E-state index contributed by atoms with van der Waals surface area (Å²) >= 11 is 0. The summed E-state index contributed by atoms with van der Waals surface area (Å²) in [6.07, 6.45) is 6.10. The molecule has 1 saturated carbocycles. The molecule has 0 saturated heterocycles. The van der Waals surface area contributed by atoms with Crippen molar-refractivity contribution in [1.29, 1.82) is 0 Å². The molecular weight excluding hydrogens is 262 g/mol. The van der Waals surface area contributed by atoms with Crippen LogP contribution in [0, 0.1) is 5.41 Å². The fourth-order valence-corrected chi connectivity index (χ4v) is 3.74. The summed E-state index contributed by atoms with van der Waals surface area (Å²) in [5.41, 5.74) is 5.79. The number of nitrogens with two attached hydrogens (primary N) is 1. The van der Waals surface area contributed by atoms with Gasteiger partial charge in [-0.25, -0.2) is 8.42 Å². The Bertz CT molecular complexity index is 395. The molecule has 1 fully saturated rings. The van der Waals surface area contributed by atoms with Gasteiger partial charge in [0.1, 0.15) is 5.78 Å². The van der Waals surface area contributed by atoms with Crippen LogP contribution in [0.15, 0.2) is 0 Å². The van der Waals surface area contributed by atoms with Crippen molar-refractivity contribution in [2.75, 3.05) is 12.3 Å². The van der Waals surface area contributed by atoms with Crippen LogP contribution in [0.4, 0.5) is 0 Å². The lowest BCUT2D eigenvalue weighted by Gasteiger charge is -2.35. The van der Waals surface area contributed by atoms with Crippen molar-refractivity contribution in [3.63, 3.8) is 0 Å². The van der Waals surface area contributed by atoms with E-state index in [2.05, 4.69) is 0 Å². The first-order chi connectivity index (χ1) is 8.81. The Morgan fingerprint density at radius 2 is 1.79 bits per heavy atom. The highest BCUT2D eigenvalue weighted by molar-refractivity contribution is 7.91. The molecular formula is C14H27NO3S. The van der Waals surface area contributed by atoms with Gasteiger partial charge in [0.05, 0.1) is 11.0 Å². The number of carbonyl (C=O) groups is 1. The van der Waals surface area contributed by atoms with Crippen LogP contribution in [0.5, 0.6) is 0 Å². The van der Waals surface area contributed by atoms with Gasteiger partial charge in [-0.1, -0.05) is 19.3 Å². The molecule has 112 valence electrons. The van der Waals surface area contributed by atoms with Gasteiger partial charge in [0.15, 0.2) is 9.84 Å². The molecule has 5 heteroatoms. The molecule has 0 atom stereocenters. The zero-order valence-corrected chi connectivity index (χ0v) is 13.0. The average Bonchev–Trinajstić information content (AvgIpc) is 2.37. The molecule has 1 aliphatic carbocycles. The maximum absolute atomic E-state index is 12.0. The lowest BCUT2D eigenvalue weighted by Crippen LogP contribution is -2.35. The third kappa shape index (κ3) is 4.88. The highest BCUT2D eigenvalue weighted by atomic mass is 32.2. The summed E-state index contributed by atoms with van der Waals surface area (Å²) in [6, 6.07) is 0. The minimum Gasteiger partial charge on any atom is -0.330 e. The monoisotopic (exact) mass is 289 g/mol. The molecule has 0 aromatic carbocycles. The third-order valence-corrected chi connectivity index (χ3v) is 6.51. The standard InChI is InChI=1S/C14H27NO3S/c1-12(2)19(17,18)9-6-13(16)10-14(11-15)7-4-3-5-8-14/h12H,3-11,15H2,1-2H3. The molecule has 19 heavy (non-hydrogen) atoms. The number of hydrogen-bond acceptors (Lipinski definition) is 4. The quantitative estimate of drug-likeness (QED) is 0.778. The Morgan fingerprint density at radius 3 is 2.26 bits per heavy atom. The zero-order valence-electron chi connectivity index (χ0n) is 12.2. The molecule has 0 aromatic rings. The third-order valence-electron chi connectivity index (χ3n) is 4.30. The second-order valence-corrected chi connectivity index (χ2v) is 8.82. The maximum Gasteiger partial charge on any atom is 0.153 e. The largest absolute Gasteiger partial charge is 0.330 e. The first-order valence-electron chi connectivity index (χ1n) is 7.25. The van der Waals surface area contributed by atoms with Crippen molar-refractivity contribution in [3.05, 3.63) is 0 Å². The second-order valence-electron chi connectivity index (χ2n) is 6.15. The fourth-order valence-electron chi connectivity index (χ4n) is 2.75. The van der Waals surface area contributed by atoms with Crippen LogP contribution in [0.1, 0.15) is 58.8 Å². The van der Waals surface area contributed by atoms with Crippen molar-refractivity contribution in [3.8, 4) is 0 Å². The van der Waals surface area contributed by atoms with E-state index in [-0.39, 0.29) is 23.4 Å². The van der Waals surface area contributed by atoms with Crippen molar-refractivity contribution in [1.82, 2.24) is 0 Å². The first kappa shape index (κ1) is 16.6. The van der Waals surface area contributed by atoms with E-state index in [1.54, 1.807) is 13.8 Å². The summed E-state index contributed by atoms with van der Waals surface area (Å²) in [7, 11) is -3.11. The van der Waals surface area contributed by atoms with E-state index >= 15 is 0 Å². The lowest BCUT2D eigenvalue weighted by atomic mass is 9.71. The van der Waals surface area contributed by atoms with Crippen LogP contribution in [0.2, 0.25) is 0 Å². The summed E-state index contributed by atoms with van der Waals surface area (Å²) in [4.78, 5) is 12.0. The highest BCUT2D eigenvalue weighted by Crippen LogP contribution is 2.38. The maximum atomic E-state index is 12.0. The van der Waals surface area contributed by atoms with E-state index in [1.807, 2.05) is 0 Å². The van der Waals surface area contributed by atoms with Gasteiger partial charge in [0.25, 0.3) is 0 Å². The fraction of sp³-hybridized carbons (Fsp3) is 0.929. The van der Waals surface area contributed by atoms with Gasteiger partial charge >= 0.3 is 0 Å². The van der Waals surface area contributed by atoms with Gasteiger partial charge in [-0.3, -0.25) is 4.79 Å². The molecule has 0 aliphatic heterocycles. The smallest absolute Gasteiger partial charge is 0.153 e. The molecule has 0 spiro atoms. The molecule has 0 heterocycles. The molecule has 1 aliphatic rings. The van der Waals surface area contributed by atoms with Crippen LogP contribution in [-0.2, 0) is 14.6 Å².